The van der Waals surface area contributed by atoms with Gasteiger partial charge in [0.15, 0.2) is 0 Å². The Balaban J connectivity index is 2.83. The van der Waals surface area contributed by atoms with E-state index >= 15 is 0 Å². The van der Waals surface area contributed by atoms with Crippen LogP contribution in [0.5, 0.6) is 0 Å². The Morgan fingerprint density at radius 3 is 2.38 bits per heavy atom. The lowest BCUT2D eigenvalue weighted by atomic mass is 10.7. The minimum Gasteiger partial charge on any atom is -0.253 e. The lowest BCUT2D eigenvalue weighted by Gasteiger charge is -1.88. The van der Waals surface area contributed by atoms with Crippen molar-refractivity contribution in [1.29, 1.82) is 0 Å². The van der Waals surface area contributed by atoms with Gasteiger partial charge in [-0.25, -0.2) is 9.97 Å². The van der Waals surface area contributed by atoms with Crippen molar-refractivity contribution in [1.82, 2.24) is 15.3 Å². The summed E-state index contributed by atoms with van der Waals surface area (Å²) in [5, 5.41) is 3.75. The van der Waals surface area contributed by atoms with Crippen LogP contribution in [0.2, 0.25) is 0 Å². The normalized spacial score (nSPS) is 8.62. The zero-order valence-corrected chi connectivity index (χ0v) is 4.57. The molecule has 0 saturated heterocycles. The summed E-state index contributed by atoms with van der Waals surface area (Å²) in [5.74, 6) is 0.535. The first-order chi connectivity index (χ1) is 3.93. The van der Waals surface area contributed by atoms with Gasteiger partial charge < -0.3 is 0 Å². The van der Waals surface area contributed by atoms with Crippen LogP contribution < -0.4 is 5.32 Å². The minimum atomic E-state index is 0.535. The fourth-order valence-electron chi connectivity index (χ4n) is 0.407. The van der Waals surface area contributed by atoms with Crippen molar-refractivity contribution in [3.8, 4) is 0 Å². The van der Waals surface area contributed by atoms with Gasteiger partial charge in [-0.1, -0.05) is 0 Å². The van der Waals surface area contributed by atoms with Crippen LogP contribution in [-0.4, -0.2) is 17.0 Å². The monoisotopic (exact) mass is 108 g/mol. The number of hydrogen-bond donors (Lipinski definition) is 0. The van der Waals surface area contributed by atoms with Crippen molar-refractivity contribution in [3.63, 3.8) is 0 Å². The molecule has 0 atom stereocenters. The van der Waals surface area contributed by atoms with Crippen molar-refractivity contribution in [2.24, 2.45) is 0 Å². The van der Waals surface area contributed by atoms with Crippen molar-refractivity contribution in [2.45, 2.75) is 0 Å². The van der Waals surface area contributed by atoms with E-state index in [1.54, 1.807) is 25.5 Å². The van der Waals surface area contributed by atoms with Crippen LogP contribution in [0.4, 0.5) is 5.95 Å². The van der Waals surface area contributed by atoms with Crippen molar-refractivity contribution < 1.29 is 0 Å². The van der Waals surface area contributed by atoms with Crippen molar-refractivity contribution >= 4 is 5.95 Å². The van der Waals surface area contributed by atoms with Gasteiger partial charge in [-0.15, -0.1) is 0 Å². The molecule has 0 amide bonds. The first-order valence-electron chi connectivity index (χ1n) is 2.30. The highest BCUT2D eigenvalue weighted by Crippen LogP contribution is 1.88. The Morgan fingerprint density at radius 1 is 1.38 bits per heavy atom. The van der Waals surface area contributed by atoms with Crippen LogP contribution >= 0.6 is 0 Å². The van der Waals surface area contributed by atoms with E-state index in [9.17, 15) is 0 Å². The predicted molar refractivity (Wildman–Crippen MR) is 29.7 cm³/mol. The Kier molecular flexibility index (Phi) is 1.42. The van der Waals surface area contributed by atoms with E-state index in [0.29, 0.717) is 5.95 Å². The highest BCUT2D eigenvalue weighted by molar-refractivity contribution is 5.08. The third-order valence-corrected chi connectivity index (χ3v) is 0.752. The third kappa shape index (κ3) is 0.932. The van der Waals surface area contributed by atoms with Crippen LogP contribution in [0, 0.1) is 0 Å². The molecular formula is C5H6N3. The van der Waals surface area contributed by atoms with E-state index in [1.807, 2.05) is 0 Å². The van der Waals surface area contributed by atoms with Crippen LogP contribution in [-0.2, 0) is 0 Å². The predicted octanol–water partition coefficient (Wildman–Crippen LogP) is 0.342. The summed E-state index contributed by atoms with van der Waals surface area (Å²) in [6.07, 6.45) is 3.32. The fraction of sp³-hybridized carbons (Fsp3) is 0.200. The summed E-state index contributed by atoms with van der Waals surface area (Å²) < 4.78 is 0. The second kappa shape index (κ2) is 2.26. The Bertz CT molecular complexity index is 149. The molecule has 1 radical (unpaired) electrons. The highest BCUT2D eigenvalue weighted by Gasteiger charge is 1.83. The molecule has 0 saturated carbocycles. The molecule has 1 aromatic rings. The first kappa shape index (κ1) is 5.03. The number of rotatable bonds is 1. The van der Waals surface area contributed by atoms with Gasteiger partial charge in [0.2, 0.25) is 5.95 Å². The maximum Gasteiger partial charge on any atom is 0.244 e. The molecule has 1 rings (SSSR count). The lowest BCUT2D eigenvalue weighted by Crippen LogP contribution is -1.91. The molecule has 0 spiro atoms. The average Bonchev–Trinajstić information content (AvgIpc) is 1.90. The van der Waals surface area contributed by atoms with E-state index in [4.69, 9.17) is 0 Å². The van der Waals surface area contributed by atoms with Gasteiger partial charge in [0.25, 0.3) is 0 Å². The molecule has 0 aliphatic carbocycles. The maximum absolute atomic E-state index is 3.82. The van der Waals surface area contributed by atoms with E-state index < -0.39 is 0 Å². The number of nitrogens with zero attached hydrogens (tertiary/aromatic N) is 3. The van der Waals surface area contributed by atoms with Gasteiger partial charge in [-0.2, -0.15) is 0 Å². The smallest absolute Gasteiger partial charge is 0.244 e. The Morgan fingerprint density at radius 2 is 2.00 bits per heavy atom. The molecule has 0 aliphatic rings. The standard InChI is InChI=1S/C5H6N3/c1-6-5-7-3-2-4-8-5/h2-4H,1H3. The molecule has 0 aliphatic heterocycles. The molecule has 0 unspecified atom stereocenters. The molecule has 0 N–H and O–H groups in total. The molecule has 8 heavy (non-hydrogen) atoms. The van der Waals surface area contributed by atoms with Crippen LogP contribution in [0.25, 0.3) is 0 Å². The van der Waals surface area contributed by atoms with Crippen molar-refractivity contribution in [3.05, 3.63) is 18.5 Å². The van der Waals surface area contributed by atoms with Crippen molar-refractivity contribution in [2.75, 3.05) is 7.05 Å². The zero-order valence-electron chi connectivity index (χ0n) is 4.57. The van der Waals surface area contributed by atoms with Gasteiger partial charge in [0, 0.05) is 19.4 Å². The molecule has 3 nitrogen and oxygen atoms in total. The maximum atomic E-state index is 3.82. The average molecular weight is 108 g/mol. The summed E-state index contributed by atoms with van der Waals surface area (Å²) in [7, 11) is 1.66. The topological polar surface area (TPSA) is 39.9 Å². The van der Waals surface area contributed by atoms with E-state index in [1.165, 1.54) is 0 Å². The first-order valence-corrected chi connectivity index (χ1v) is 2.30. The summed E-state index contributed by atoms with van der Waals surface area (Å²) in [4.78, 5) is 7.64. The molecule has 3 heteroatoms. The molecule has 0 bridgehead atoms. The number of aromatic nitrogens is 2. The second-order valence-electron chi connectivity index (χ2n) is 1.27. The lowest BCUT2D eigenvalue weighted by molar-refractivity contribution is 0.956. The van der Waals surface area contributed by atoms with Crippen LogP contribution in [0.3, 0.4) is 0 Å². The van der Waals surface area contributed by atoms with Crippen LogP contribution in [0.1, 0.15) is 0 Å². The van der Waals surface area contributed by atoms with Gasteiger partial charge in [0.1, 0.15) is 0 Å². The van der Waals surface area contributed by atoms with E-state index in [-0.39, 0.29) is 0 Å². The summed E-state index contributed by atoms with van der Waals surface area (Å²) in [6, 6.07) is 1.76. The molecule has 1 aromatic heterocycles. The van der Waals surface area contributed by atoms with E-state index in [0.717, 1.165) is 0 Å². The Labute approximate surface area is 47.8 Å². The highest BCUT2D eigenvalue weighted by atomic mass is 15.1. The molecule has 41 valence electrons. The fourth-order valence-corrected chi connectivity index (χ4v) is 0.407. The molecular weight excluding hydrogens is 102 g/mol. The van der Waals surface area contributed by atoms with Gasteiger partial charge in [-0.05, 0) is 6.07 Å². The SMILES string of the molecule is C[N]c1ncccn1. The summed E-state index contributed by atoms with van der Waals surface area (Å²) in [5.41, 5.74) is 0. The van der Waals surface area contributed by atoms with E-state index in [2.05, 4.69) is 15.3 Å². The number of hydrogen-bond acceptors (Lipinski definition) is 2. The van der Waals surface area contributed by atoms with Gasteiger partial charge in [-0.3, -0.25) is 5.32 Å². The summed E-state index contributed by atoms with van der Waals surface area (Å²) >= 11 is 0. The zero-order chi connectivity index (χ0) is 5.82. The van der Waals surface area contributed by atoms with Crippen LogP contribution in [0.15, 0.2) is 18.5 Å². The molecule has 1 heterocycles. The molecule has 0 aromatic carbocycles. The second-order valence-corrected chi connectivity index (χ2v) is 1.27. The third-order valence-electron chi connectivity index (χ3n) is 0.752. The molecule has 0 fully saturated rings. The quantitative estimate of drug-likeness (QED) is 0.520. The minimum absolute atomic E-state index is 0.535. The summed E-state index contributed by atoms with van der Waals surface area (Å²) in [6.45, 7) is 0. The Hall–Kier alpha value is -1.12. The van der Waals surface area contributed by atoms with Gasteiger partial charge >= 0.3 is 0 Å². The largest absolute Gasteiger partial charge is 0.253 e. The van der Waals surface area contributed by atoms with Gasteiger partial charge in [0.05, 0.1) is 0 Å².